The number of rotatable bonds is 7. The van der Waals surface area contributed by atoms with Gasteiger partial charge in [0.05, 0.1) is 11.1 Å². The number of nitrogens with one attached hydrogen (secondary N) is 1. The van der Waals surface area contributed by atoms with Crippen molar-refractivity contribution in [3.05, 3.63) is 109 Å². The second-order valence-electron chi connectivity index (χ2n) is 9.24. The third-order valence-electron chi connectivity index (χ3n) is 6.46. The molecule has 1 aliphatic rings. The number of fused-ring (bicyclic) bond motifs is 1. The molecule has 0 radical (unpaired) electrons. The summed E-state index contributed by atoms with van der Waals surface area (Å²) in [5.74, 6) is 0.110. The van der Waals surface area contributed by atoms with Crippen molar-refractivity contribution >= 4 is 61.7 Å². The van der Waals surface area contributed by atoms with Crippen LogP contribution in [0.25, 0.3) is 0 Å². The molecule has 0 saturated carbocycles. The Morgan fingerprint density at radius 2 is 1.88 bits per heavy atom. The highest BCUT2D eigenvalue weighted by Gasteiger charge is 2.31. The van der Waals surface area contributed by atoms with Gasteiger partial charge in [0.2, 0.25) is 0 Å². The molecule has 1 aromatic heterocycles. The predicted molar refractivity (Wildman–Crippen MR) is 158 cm³/mol. The van der Waals surface area contributed by atoms with E-state index >= 15 is 0 Å². The van der Waals surface area contributed by atoms with Gasteiger partial charge in [-0.15, -0.1) is 11.3 Å². The summed E-state index contributed by atoms with van der Waals surface area (Å²) < 4.78 is 46.5. The van der Waals surface area contributed by atoms with Crippen molar-refractivity contribution in [2.45, 2.75) is 38.5 Å². The molecule has 1 amide bonds. The minimum absolute atomic E-state index is 0.0766. The fourth-order valence-electron chi connectivity index (χ4n) is 4.49. The second-order valence-corrected chi connectivity index (χ2v) is 11.7. The van der Waals surface area contributed by atoms with Crippen molar-refractivity contribution in [1.82, 2.24) is 0 Å². The maximum atomic E-state index is 13.4. The number of hydrogen-bond donors (Lipinski definition) is 1. The number of carbonyl (C=O) groups is 1. The Kier molecular flexibility index (Phi) is 8.63. The highest BCUT2D eigenvalue weighted by Crippen LogP contribution is 2.41. The summed E-state index contributed by atoms with van der Waals surface area (Å²) in [6, 6.07) is 17.6. The van der Waals surface area contributed by atoms with Crippen LogP contribution in [-0.2, 0) is 25.6 Å². The second kappa shape index (κ2) is 12.2. The molecule has 0 fully saturated rings. The molecule has 0 bridgehead atoms. The van der Waals surface area contributed by atoms with E-state index in [-0.39, 0.29) is 12.3 Å². The van der Waals surface area contributed by atoms with Crippen molar-refractivity contribution in [2.24, 2.45) is 4.99 Å². The average molecular weight is 648 g/mol. The first-order chi connectivity index (χ1) is 19.2. The molecule has 5 rings (SSSR count). The highest BCUT2D eigenvalue weighted by molar-refractivity contribution is 9.10. The largest absolute Gasteiger partial charge is 0.488 e. The van der Waals surface area contributed by atoms with Crippen LogP contribution < -0.4 is 10.1 Å². The SMILES string of the molecule is O=C(Nc1cccc(C(F)(F)F)c1)c1c(N=Cc2cc(Br)ccc2OCc2ccccc2Cl)sc2c1CCCC2. The Hall–Kier alpha value is -3.14. The normalized spacial score (nSPS) is 13.3. The van der Waals surface area contributed by atoms with Crippen LogP contribution in [0.1, 0.15) is 50.3 Å². The zero-order valence-corrected chi connectivity index (χ0v) is 24.2. The summed E-state index contributed by atoms with van der Waals surface area (Å²) in [4.78, 5) is 19.2. The monoisotopic (exact) mass is 646 g/mol. The van der Waals surface area contributed by atoms with Crippen molar-refractivity contribution < 1.29 is 22.7 Å². The van der Waals surface area contributed by atoms with Crippen LogP contribution >= 0.6 is 38.9 Å². The number of benzene rings is 3. The summed E-state index contributed by atoms with van der Waals surface area (Å²) in [6.45, 7) is 0.264. The zero-order chi connectivity index (χ0) is 28.3. The van der Waals surface area contributed by atoms with E-state index in [2.05, 4.69) is 21.2 Å². The number of thiophene rings is 1. The van der Waals surface area contributed by atoms with Crippen molar-refractivity contribution in [3.8, 4) is 5.75 Å². The molecular weight excluding hydrogens is 625 g/mol. The molecule has 10 heteroatoms. The van der Waals surface area contributed by atoms with Crippen molar-refractivity contribution in [2.75, 3.05) is 5.32 Å². The van der Waals surface area contributed by atoms with E-state index in [1.165, 1.54) is 23.5 Å². The Morgan fingerprint density at radius 3 is 2.67 bits per heavy atom. The molecule has 0 spiro atoms. The summed E-state index contributed by atoms with van der Waals surface area (Å²) in [5.41, 5.74) is 2.10. The number of hydrogen-bond acceptors (Lipinski definition) is 4. The Morgan fingerprint density at radius 1 is 1.07 bits per heavy atom. The Labute approximate surface area is 247 Å². The van der Waals surface area contributed by atoms with E-state index in [0.717, 1.165) is 58.3 Å². The number of alkyl halides is 3. The standard InChI is InChI=1S/C30H23BrClF3N2O2S/c31-21-12-13-25(39-17-18-6-1-3-10-24(18)32)19(14-21)16-36-29-27(23-9-2-4-11-26(23)40-29)28(38)37-22-8-5-7-20(15-22)30(33,34)35/h1,3,5-8,10,12-16H,2,4,9,11,17H2,(H,37,38). The lowest BCUT2D eigenvalue weighted by atomic mass is 9.95. The van der Waals surface area contributed by atoms with Crippen molar-refractivity contribution in [3.63, 3.8) is 0 Å². The number of anilines is 1. The summed E-state index contributed by atoms with van der Waals surface area (Å²) in [6.07, 6.45) is 0.635. The van der Waals surface area contributed by atoms with Gasteiger partial charge in [0.15, 0.2) is 0 Å². The third kappa shape index (κ3) is 6.59. The first-order valence-electron chi connectivity index (χ1n) is 12.5. The van der Waals surface area contributed by atoms with Gasteiger partial charge in [-0.3, -0.25) is 4.79 Å². The van der Waals surface area contributed by atoms with Gasteiger partial charge < -0.3 is 10.1 Å². The molecule has 0 saturated heterocycles. The molecule has 4 aromatic rings. The molecule has 1 heterocycles. The van der Waals surface area contributed by atoms with Gasteiger partial charge in [0, 0.05) is 37.4 Å². The maximum absolute atomic E-state index is 13.4. The van der Waals surface area contributed by atoms with Crippen LogP contribution in [0, 0.1) is 0 Å². The number of carbonyl (C=O) groups excluding carboxylic acids is 1. The highest BCUT2D eigenvalue weighted by atomic mass is 79.9. The Bertz CT molecular complexity index is 1590. The Balaban J connectivity index is 1.44. The minimum Gasteiger partial charge on any atom is -0.488 e. The maximum Gasteiger partial charge on any atom is 0.416 e. The summed E-state index contributed by atoms with van der Waals surface area (Å²) in [7, 11) is 0. The molecule has 1 N–H and O–H groups in total. The average Bonchev–Trinajstić information content (AvgIpc) is 3.30. The lowest BCUT2D eigenvalue weighted by Crippen LogP contribution is -2.15. The van der Waals surface area contributed by atoms with Gasteiger partial charge in [0.25, 0.3) is 5.91 Å². The first kappa shape index (κ1) is 28.4. The molecule has 3 aromatic carbocycles. The molecule has 0 atom stereocenters. The molecule has 0 unspecified atom stereocenters. The van der Waals surface area contributed by atoms with Gasteiger partial charge >= 0.3 is 6.18 Å². The summed E-state index contributed by atoms with van der Waals surface area (Å²) >= 11 is 11.2. The van der Waals surface area contributed by atoms with Crippen LogP contribution in [0.15, 0.2) is 76.2 Å². The number of aliphatic imine (C=N–C) groups is 1. The minimum atomic E-state index is -4.51. The zero-order valence-electron chi connectivity index (χ0n) is 21.0. The van der Waals surface area contributed by atoms with Gasteiger partial charge in [-0.05, 0) is 73.7 Å². The topological polar surface area (TPSA) is 50.7 Å². The molecule has 0 aliphatic heterocycles. The van der Waals surface area contributed by atoms with Gasteiger partial charge in [-0.1, -0.05) is 51.8 Å². The van der Waals surface area contributed by atoms with Crippen LogP contribution in [0.2, 0.25) is 5.02 Å². The van der Waals surface area contributed by atoms with E-state index < -0.39 is 17.6 Å². The number of ether oxygens (including phenoxy) is 1. The smallest absolute Gasteiger partial charge is 0.416 e. The van der Waals surface area contributed by atoms with Crippen LogP contribution in [-0.4, -0.2) is 12.1 Å². The van der Waals surface area contributed by atoms with E-state index in [4.69, 9.17) is 21.3 Å². The lowest BCUT2D eigenvalue weighted by Gasteiger charge is -2.13. The van der Waals surface area contributed by atoms with E-state index in [1.807, 2.05) is 36.4 Å². The number of amides is 1. The summed E-state index contributed by atoms with van der Waals surface area (Å²) in [5, 5.41) is 3.77. The fourth-order valence-corrected chi connectivity index (χ4v) is 6.29. The number of halogens is 5. The number of aryl methyl sites for hydroxylation is 1. The molecule has 4 nitrogen and oxygen atoms in total. The van der Waals surface area contributed by atoms with E-state index in [0.29, 0.717) is 26.9 Å². The van der Waals surface area contributed by atoms with E-state index in [9.17, 15) is 18.0 Å². The lowest BCUT2D eigenvalue weighted by molar-refractivity contribution is -0.137. The number of nitrogens with zero attached hydrogens (tertiary/aromatic N) is 1. The predicted octanol–water partition coefficient (Wildman–Crippen LogP) is 9.64. The molecule has 40 heavy (non-hydrogen) atoms. The van der Waals surface area contributed by atoms with Gasteiger partial charge in [-0.2, -0.15) is 13.2 Å². The van der Waals surface area contributed by atoms with Gasteiger partial charge in [0.1, 0.15) is 17.4 Å². The quantitative estimate of drug-likeness (QED) is 0.203. The van der Waals surface area contributed by atoms with Crippen LogP contribution in [0.5, 0.6) is 5.75 Å². The van der Waals surface area contributed by atoms with Crippen molar-refractivity contribution in [1.29, 1.82) is 0 Å². The molecular formula is C30H23BrClF3N2O2S. The van der Waals surface area contributed by atoms with Crippen LogP contribution in [0.3, 0.4) is 0 Å². The molecule has 206 valence electrons. The third-order valence-corrected chi connectivity index (χ3v) is 8.52. The first-order valence-corrected chi connectivity index (χ1v) is 14.5. The van der Waals surface area contributed by atoms with E-state index in [1.54, 1.807) is 12.3 Å². The molecule has 1 aliphatic carbocycles. The van der Waals surface area contributed by atoms with Crippen LogP contribution in [0.4, 0.5) is 23.9 Å². The van der Waals surface area contributed by atoms with Gasteiger partial charge in [-0.25, -0.2) is 4.99 Å². The fraction of sp³-hybridized carbons (Fsp3) is 0.200.